The molecule has 0 aliphatic heterocycles. The molecular formula is C13H17N3O. The van der Waals surface area contributed by atoms with Crippen LogP contribution in [-0.4, -0.2) is 19.9 Å². The fourth-order valence-electron chi connectivity index (χ4n) is 2.31. The van der Waals surface area contributed by atoms with E-state index in [4.69, 9.17) is 0 Å². The number of hydrogen-bond donors (Lipinski definition) is 1. The van der Waals surface area contributed by atoms with Crippen LogP contribution in [0.15, 0.2) is 24.8 Å². The maximum absolute atomic E-state index is 10.3. The Labute approximate surface area is 101 Å². The second-order valence-corrected chi connectivity index (χ2v) is 4.45. The highest BCUT2D eigenvalue weighted by atomic mass is 16.3. The summed E-state index contributed by atoms with van der Waals surface area (Å²) in [5, 5.41) is 14.3. The smallest absolute Gasteiger partial charge is 0.137 e. The molecule has 1 N–H and O–H groups in total. The maximum atomic E-state index is 10.3. The van der Waals surface area contributed by atoms with E-state index in [2.05, 4.69) is 29.1 Å². The van der Waals surface area contributed by atoms with Gasteiger partial charge in [0.25, 0.3) is 0 Å². The summed E-state index contributed by atoms with van der Waals surface area (Å²) in [5.41, 5.74) is 4.45. The second kappa shape index (κ2) is 4.67. The van der Waals surface area contributed by atoms with Crippen LogP contribution in [0.2, 0.25) is 0 Å². The number of nitrogens with zero attached hydrogens (tertiary/aromatic N) is 3. The first kappa shape index (κ1) is 11.8. The summed E-state index contributed by atoms with van der Waals surface area (Å²) in [6, 6.07) is 4.18. The lowest BCUT2D eigenvalue weighted by molar-refractivity contribution is 0.150. The van der Waals surface area contributed by atoms with E-state index in [1.54, 1.807) is 11.0 Å². The normalized spacial score (nSPS) is 12.7. The van der Waals surface area contributed by atoms with Crippen LogP contribution < -0.4 is 0 Å². The van der Waals surface area contributed by atoms with Crippen molar-refractivity contribution in [3.63, 3.8) is 0 Å². The molecule has 1 heterocycles. The zero-order valence-corrected chi connectivity index (χ0v) is 10.4. The summed E-state index contributed by atoms with van der Waals surface area (Å²) >= 11 is 0. The fourth-order valence-corrected chi connectivity index (χ4v) is 2.31. The number of aryl methyl sites for hydroxylation is 3. The van der Waals surface area contributed by atoms with E-state index in [0.29, 0.717) is 6.54 Å². The first-order valence-electron chi connectivity index (χ1n) is 5.66. The van der Waals surface area contributed by atoms with Gasteiger partial charge in [0, 0.05) is 0 Å². The van der Waals surface area contributed by atoms with Crippen molar-refractivity contribution in [1.82, 2.24) is 14.8 Å². The second-order valence-electron chi connectivity index (χ2n) is 4.45. The summed E-state index contributed by atoms with van der Waals surface area (Å²) in [6.45, 7) is 6.55. The van der Waals surface area contributed by atoms with Gasteiger partial charge in [-0.05, 0) is 37.5 Å². The Morgan fingerprint density at radius 2 is 1.88 bits per heavy atom. The zero-order valence-electron chi connectivity index (χ0n) is 10.4. The molecule has 90 valence electrons. The molecule has 17 heavy (non-hydrogen) atoms. The molecule has 0 amide bonds. The third-order valence-electron chi connectivity index (χ3n) is 2.90. The van der Waals surface area contributed by atoms with E-state index in [1.807, 2.05) is 13.8 Å². The molecule has 0 aliphatic carbocycles. The molecule has 0 saturated carbocycles. The van der Waals surface area contributed by atoms with Gasteiger partial charge in [0.1, 0.15) is 12.7 Å². The Bertz CT molecular complexity index is 482. The first-order valence-corrected chi connectivity index (χ1v) is 5.66. The zero-order chi connectivity index (χ0) is 12.4. The summed E-state index contributed by atoms with van der Waals surface area (Å²) < 4.78 is 1.64. The number of benzene rings is 1. The van der Waals surface area contributed by atoms with E-state index in [0.717, 1.165) is 16.7 Å². The van der Waals surface area contributed by atoms with Gasteiger partial charge < -0.3 is 5.11 Å². The van der Waals surface area contributed by atoms with Crippen LogP contribution in [0, 0.1) is 20.8 Å². The van der Waals surface area contributed by atoms with Crippen molar-refractivity contribution in [2.24, 2.45) is 0 Å². The van der Waals surface area contributed by atoms with Crippen molar-refractivity contribution in [1.29, 1.82) is 0 Å². The molecule has 0 radical (unpaired) electrons. The topological polar surface area (TPSA) is 50.9 Å². The van der Waals surface area contributed by atoms with Crippen LogP contribution in [0.25, 0.3) is 0 Å². The monoisotopic (exact) mass is 231 g/mol. The molecule has 0 spiro atoms. The molecule has 0 bridgehead atoms. The largest absolute Gasteiger partial charge is 0.386 e. The van der Waals surface area contributed by atoms with Crippen molar-refractivity contribution < 1.29 is 5.11 Å². The molecular weight excluding hydrogens is 214 g/mol. The molecule has 4 nitrogen and oxygen atoms in total. The van der Waals surface area contributed by atoms with E-state index < -0.39 is 6.10 Å². The lowest BCUT2D eigenvalue weighted by Crippen LogP contribution is -2.12. The third kappa shape index (κ3) is 2.53. The van der Waals surface area contributed by atoms with Crippen molar-refractivity contribution >= 4 is 0 Å². The molecule has 2 rings (SSSR count). The van der Waals surface area contributed by atoms with Crippen LogP contribution in [0.5, 0.6) is 0 Å². The van der Waals surface area contributed by atoms with E-state index in [9.17, 15) is 5.11 Å². The first-order chi connectivity index (χ1) is 8.08. The highest BCUT2D eigenvalue weighted by Gasteiger charge is 2.14. The van der Waals surface area contributed by atoms with Crippen LogP contribution in [0.3, 0.4) is 0 Å². The van der Waals surface area contributed by atoms with Gasteiger partial charge in [0.2, 0.25) is 0 Å². The highest BCUT2D eigenvalue weighted by Crippen LogP contribution is 2.24. The maximum Gasteiger partial charge on any atom is 0.137 e. The predicted molar refractivity (Wildman–Crippen MR) is 65.6 cm³/mol. The SMILES string of the molecule is Cc1cc(C)c(C(O)Cn2cncn2)c(C)c1. The molecule has 0 aliphatic rings. The number of rotatable bonds is 3. The standard InChI is InChI=1S/C13H17N3O/c1-9-4-10(2)13(11(3)5-9)12(17)6-16-8-14-7-15-16/h4-5,7-8,12,17H,6H2,1-3H3. The Morgan fingerprint density at radius 3 is 2.41 bits per heavy atom. The molecule has 0 fully saturated rings. The molecule has 1 unspecified atom stereocenters. The van der Waals surface area contributed by atoms with Gasteiger partial charge in [-0.3, -0.25) is 4.68 Å². The minimum absolute atomic E-state index is 0.435. The van der Waals surface area contributed by atoms with E-state index in [-0.39, 0.29) is 0 Å². The van der Waals surface area contributed by atoms with Gasteiger partial charge >= 0.3 is 0 Å². The Hall–Kier alpha value is -1.68. The van der Waals surface area contributed by atoms with Gasteiger partial charge in [0.05, 0.1) is 12.6 Å². The Morgan fingerprint density at radius 1 is 1.24 bits per heavy atom. The molecule has 2 aromatic rings. The molecule has 1 aromatic carbocycles. The summed E-state index contributed by atoms with van der Waals surface area (Å²) in [5.74, 6) is 0. The molecule has 1 atom stereocenters. The van der Waals surface area contributed by atoms with Crippen LogP contribution >= 0.6 is 0 Å². The quantitative estimate of drug-likeness (QED) is 0.878. The van der Waals surface area contributed by atoms with Gasteiger partial charge in [-0.2, -0.15) is 5.10 Å². The predicted octanol–water partition coefficient (Wildman–Crippen LogP) is 1.94. The summed E-state index contributed by atoms with van der Waals surface area (Å²) in [6.07, 6.45) is 2.54. The van der Waals surface area contributed by atoms with Gasteiger partial charge in [-0.1, -0.05) is 17.7 Å². The molecule has 4 heteroatoms. The summed E-state index contributed by atoms with van der Waals surface area (Å²) in [4.78, 5) is 3.87. The fraction of sp³-hybridized carbons (Fsp3) is 0.385. The van der Waals surface area contributed by atoms with Crippen molar-refractivity contribution in [3.8, 4) is 0 Å². The lowest BCUT2D eigenvalue weighted by atomic mass is 9.95. The summed E-state index contributed by atoms with van der Waals surface area (Å²) in [7, 11) is 0. The molecule has 0 saturated heterocycles. The number of aromatic nitrogens is 3. The lowest BCUT2D eigenvalue weighted by Gasteiger charge is -2.17. The van der Waals surface area contributed by atoms with Crippen LogP contribution in [-0.2, 0) is 6.54 Å². The number of aliphatic hydroxyl groups excluding tert-OH is 1. The third-order valence-corrected chi connectivity index (χ3v) is 2.90. The number of hydrogen-bond acceptors (Lipinski definition) is 3. The minimum Gasteiger partial charge on any atom is -0.386 e. The highest BCUT2D eigenvalue weighted by molar-refractivity contribution is 5.38. The van der Waals surface area contributed by atoms with Gasteiger partial charge in [-0.15, -0.1) is 0 Å². The number of aliphatic hydroxyl groups is 1. The Balaban J connectivity index is 2.27. The van der Waals surface area contributed by atoms with Crippen molar-refractivity contribution in [2.75, 3.05) is 0 Å². The molecule has 1 aromatic heterocycles. The van der Waals surface area contributed by atoms with Gasteiger partial charge in [0.15, 0.2) is 0 Å². The average molecular weight is 231 g/mol. The average Bonchev–Trinajstić information content (AvgIpc) is 2.68. The Kier molecular flexibility index (Phi) is 3.24. The van der Waals surface area contributed by atoms with E-state index in [1.165, 1.54) is 11.9 Å². The van der Waals surface area contributed by atoms with Gasteiger partial charge in [-0.25, -0.2) is 4.98 Å². The van der Waals surface area contributed by atoms with Crippen molar-refractivity contribution in [3.05, 3.63) is 47.0 Å². The minimum atomic E-state index is -0.544. The van der Waals surface area contributed by atoms with Crippen LogP contribution in [0.4, 0.5) is 0 Å². The van der Waals surface area contributed by atoms with Crippen molar-refractivity contribution in [2.45, 2.75) is 33.4 Å². The van der Waals surface area contributed by atoms with Crippen LogP contribution in [0.1, 0.15) is 28.4 Å². The van der Waals surface area contributed by atoms with E-state index >= 15 is 0 Å².